The second kappa shape index (κ2) is 10.5. The fraction of sp³-hybridized carbons (Fsp3) is 0.600. The van der Waals surface area contributed by atoms with Crippen LogP contribution in [0.15, 0.2) is 24.3 Å². The van der Waals surface area contributed by atoms with Gasteiger partial charge < -0.3 is 15.1 Å². The summed E-state index contributed by atoms with van der Waals surface area (Å²) in [5, 5.41) is 3.39. The summed E-state index contributed by atoms with van der Waals surface area (Å²) < 4.78 is 0. The van der Waals surface area contributed by atoms with E-state index in [1.54, 1.807) is 12.1 Å². The van der Waals surface area contributed by atoms with E-state index in [1.807, 2.05) is 21.9 Å². The third-order valence-corrected chi connectivity index (χ3v) is 4.93. The van der Waals surface area contributed by atoms with E-state index in [9.17, 15) is 9.59 Å². The molecule has 1 aliphatic rings. The summed E-state index contributed by atoms with van der Waals surface area (Å²) in [6.07, 6.45) is 1.86. The standard InChI is InChI=1S/C20H31N3O2.ClH/c1-5-11-22(12-6-2)19(24)17-8-7-9-18(14-17)20(25)23-13-10-21-15(3)16(23)4;/h7-9,14-16,21H,5-6,10-13H2,1-4H3;1H. The van der Waals surface area contributed by atoms with Crippen molar-refractivity contribution in [2.45, 2.75) is 52.6 Å². The highest BCUT2D eigenvalue weighted by atomic mass is 35.5. The third kappa shape index (κ3) is 5.21. The van der Waals surface area contributed by atoms with Gasteiger partial charge in [-0.05, 0) is 44.9 Å². The molecule has 1 heterocycles. The molecule has 6 heteroatoms. The first kappa shape index (κ1) is 22.5. The Balaban J connectivity index is 0.00000338. The number of hydrogen-bond donors (Lipinski definition) is 1. The Morgan fingerprint density at radius 2 is 1.77 bits per heavy atom. The van der Waals surface area contributed by atoms with Gasteiger partial charge in [-0.2, -0.15) is 0 Å². The molecule has 2 rings (SSSR count). The number of hydrogen-bond acceptors (Lipinski definition) is 3. The van der Waals surface area contributed by atoms with Crippen LogP contribution in [0.25, 0.3) is 0 Å². The molecule has 1 saturated heterocycles. The number of nitrogens with zero attached hydrogens (tertiary/aromatic N) is 2. The molecule has 1 N–H and O–H groups in total. The molecule has 0 aliphatic carbocycles. The number of nitrogens with one attached hydrogen (secondary N) is 1. The number of halogens is 1. The normalized spacial score (nSPS) is 19.6. The lowest BCUT2D eigenvalue weighted by Crippen LogP contribution is -2.57. The Morgan fingerprint density at radius 3 is 2.38 bits per heavy atom. The first-order valence-corrected chi connectivity index (χ1v) is 9.43. The molecule has 1 aliphatic heterocycles. The summed E-state index contributed by atoms with van der Waals surface area (Å²) >= 11 is 0. The predicted molar refractivity (Wildman–Crippen MR) is 108 cm³/mol. The maximum atomic E-state index is 12.9. The molecule has 0 aromatic heterocycles. The first-order chi connectivity index (χ1) is 12.0. The molecule has 2 unspecified atom stereocenters. The lowest BCUT2D eigenvalue weighted by atomic mass is 10.0. The molecule has 2 amide bonds. The fourth-order valence-corrected chi connectivity index (χ4v) is 3.33. The average molecular weight is 382 g/mol. The molecule has 0 radical (unpaired) electrons. The van der Waals surface area contributed by atoms with Gasteiger partial charge in [-0.1, -0.05) is 19.9 Å². The zero-order valence-corrected chi connectivity index (χ0v) is 17.1. The maximum absolute atomic E-state index is 12.9. The SMILES string of the molecule is CCCN(CCC)C(=O)c1cccc(C(=O)N2CCNC(C)C2C)c1.Cl. The number of carbonyl (C=O) groups excluding carboxylic acids is 2. The summed E-state index contributed by atoms with van der Waals surface area (Å²) in [7, 11) is 0. The van der Waals surface area contributed by atoms with Gasteiger partial charge in [0.25, 0.3) is 11.8 Å². The molecule has 26 heavy (non-hydrogen) atoms. The van der Waals surface area contributed by atoms with Gasteiger partial charge in [0.15, 0.2) is 0 Å². The van der Waals surface area contributed by atoms with E-state index >= 15 is 0 Å². The van der Waals surface area contributed by atoms with Crippen LogP contribution in [0.3, 0.4) is 0 Å². The zero-order valence-electron chi connectivity index (χ0n) is 16.3. The Labute approximate surface area is 163 Å². The van der Waals surface area contributed by atoms with Crippen LogP contribution in [0.2, 0.25) is 0 Å². The van der Waals surface area contributed by atoms with Crippen LogP contribution >= 0.6 is 12.4 Å². The molecule has 1 fully saturated rings. The molecule has 2 atom stereocenters. The quantitative estimate of drug-likeness (QED) is 0.823. The third-order valence-electron chi connectivity index (χ3n) is 4.93. The van der Waals surface area contributed by atoms with E-state index in [0.717, 1.165) is 32.5 Å². The number of carbonyl (C=O) groups is 2. The van der Waals surface area contributed by atoms with Crippen molar-refractivity contribution < 1.29 is 9.59 Å². The van der Waals surface area contributed by atoms with Crippen molar-refractivity contribution in [1.29, 1.82) is 0 Å². The van der Waals surface area contributed by atoms with E-state index in [0.29, 0.717) is 17.7 Å². The van der Waals surface area contributed by atoms with Gasteiger partial charge >= 0.3 is 0 Å². The largest absolute Gasteiger partial charge is 0.339 e. The van der Waals surface area contributed by atoms with Gasteiger partial charge in [0.05, 0.1) is 0 Å². The number of amides is 2. The minimum Gasteiger partial charge on any atom is -0.339 e. The summed E-state index contributed by atoms with van der Waals surface area (Å²) in [6, 6.07) is 7.59. The number of piperazine rings is 1. The van der Waals surface area contributed by atoms with Crippen molar-refractivity contribution in [3.05, 3.63) is 35.4 Å². The van der Waals surface area contributed by atoms with Crippen molar-refractivity contribution in [2.75, 3.05) is 26.2 Å². The molecule has 0 saturated carbocycles. The highest BCUT2D eigenvalue weighted by molar-refractivity contribution is 5.99. The van der Waals surface area contributed by atoms with Crippen LogP contribution in [0, 0.1) is 0 Å². The van der Waals surface area contributed by atoms with Crippen LogP contribution in [-0.4, -0.2) is 59.9 Å². The van der Waals surface area contributed by atoms with E-state index < -0.39 is 0 Å². The van der Waals surface area contributed by atoms with Crippen molar-refractivity contribution in [3.63, 3.8) is 0 Å². The van der Waals surface area contributed by atoms with Gasteiger partial charge in [-0.15, -0.1) is 12.4 Å². The summed E-state index contributed by atoms with van der Waals surface area (Å²) in [5.41, 5.74) is 1.20. The second-order valence-corrected chi connectivity index (χ2v) is 6.85. The summed E-state index contributed by atoms with van der Waals surface area (Å²) in [4.78, 5) is 29.5. The fourth-order valence-electron chi connectivity index (χ4n) is 3.33. The highest BCUT2D eigenvalue weighted by Crippen LogP contribution is 2.16. The average Bonchev–Trinajstić information content (AvgIpc) is 2.63. The van der Waals surface area contributed by atoms with Crippen molar-refractivity contribution in [3.8, 4) is 0 Å². The van der Waals surface area contributed by atoms with Crippen molar-refractivity contribution in [1.82, 2.24) is 15.1 Å². The van der Waals surface area contributed by atoms with Crippen molar-refractivity contribution >= 4 is 24.2 Å². The molecule has 1 aromatic rings. The van der Waals surface area contributed by atoms with Gasteiger partial charge in [0, 0.05) is 49.4 Å². The monoisotopic (exact) mass is 381 g/mol. The molecule has 0 spiro atoms. The lowest BCUT2D eigenvalue weighted by molar-refractivity contribution is 0.0603. The van der Waals surface area contributed by atoms with Crippen LogP contribution < -0.4 is 5.32 Å². The predicted octanol–water partition coefficient (Wildman–Crippen LogP) is 3.19. The van der Waals surface area contributed by atoms with Gasteiger partial charge in [0.1, 0.15) is 0 Å². The molecule has 146 valence electrons. The Bertz CT molecular complexity index is 602. The van der Waals surface area contributed by atoms with Crippen LogP contribution in [0.5, 0.6) is 0 Å². The van der Waals surface area contributed by atoms with E-state index in [2.05, 4.69) is 33.0 Å². The van der Waals surface area contributed by atoms with Crippen LogP contribution in [-0.2, 0) is 0 Å². The lowest BCUT2D eigenvalue weighted by Gasteiger charge is -2.38. The maximum Gasteiger partial charge on any atom is 0.254 e. The molecule has 1 aromatic carbocycles. The number of rotatable bonds is 6. The van der Waals surface area contributed by atoms with Gasteiger partial charge in [0.2, 0.25) is 0 Å². The summed E-state index contributed by atoms with van der Waals surface area (Å²) in [6.45, 7) is 11.3. The molecule has 5 nitrogen and oxygen atoms in total. The van der Waals surface area contributed by atoms with Crippen LogP contribution in [0.4, 0.5) is 0 Å². The molecule has 0 bridgehead atoms. The smallest absolute Gasteiger partial charge is 0.254 e. The van der Waals surface area contributed by atoms with Gasteiger partial charge in [-0.25, -0.2) is 0 Å². The zero-order chi connectivity index (χ0) is 18.4. The highest BCUT2D eigenvalue weighted by Gasteiger charge is 2.29. The molecular formula is C20H32ClN3O2. The number of benzene rings is 1. The molecular weight excluding hydrogens is 350 g/mol. The van der Waals surface area contributed by atoms with Crippen molar-refractivity contribution in [2.24, 2.45) is 0 Å². The second-order valence-electron chi connectivity index (χ2n) is 6.85. The van der Waals surface area contributed by atoms with Crippen LogP contribution in [0.1, 0.15) is 61.3 Å². The van der Waals surface area contributed by atoms with Gasteiger partial charge in [-0.3, -0.25) is 9.59 Å². The Kier molecular flexibility index (Phi) is 9.09. The first-order valence-electron chi connectivity index (χ1n) is 9.43. The van der Waals surface area contributed by atoms with E-state index in [1.165, 1.54) is 0 Å². The van der Waals surface area contributed by atoms with E-state index in [4.69, 9.17) is 0 Å². The summed E-state index contributed by atoms with van der Waals surface area (Å²) in [5.74, 6) is 0.0214. The minimum absolute atomic E-state index is 0. The Hall–Kier alpha value is -1.59. The Morgan fingerprint density at radius 1 is 1.15 bits per heavy atom. The van der Waals surface area contributed by atoms with E-state index in [-0.39, 0.29) is 36.3 Å². The topological polar surface area (TPSA) is 52.7 Å². The minimum atomic E-state index is 0.